The van der Waals surface area contributed by atoms with Crippen LogP contribution >= 0.6 is 11.3 Å². The highest BCUT2D eigenvalue weighted by Gasteiger charge is 2.14. The molecule has 1 amide bonds. The van der Waals surface area contributed by atoms with Crippen molar-refractivity contribution in [3.63, 3.8) is 0 Å². The molecular weight excluding hydrogens is 294 g/mol. The minimum absolute atomic E-state index is 0.0196. The Morgan fingerprint density at radius 1 is 1.23 bits per heavy atom. The average molecular weight is 311 g/mol. The van der Waals surface area contributed by atoms with E-state index >= 15 is 0 Å². The van der Waals surface area contributed by atoms with E-state index in [0.29, 0.717) is 0 Å². The van der Waals surface area contributed by atoms with Crippen molar-refractivity contribution < 1.29 is 4.79 Å². The normalized spacial score (nSPS) is 11.1. The Hall–Kier alpha value is -2.27. The van der Waals surface area contributed by atoms with E-state index in [2.05, 4.69) is 15.3 Å². The lowest BCUT2D eigenvalue weighted by molar-refractivity contribution is -0.118. The number of benzene rings is 1. The van der Waals surface area contributed by atoms with Gasteiger partial charge in [-0.1, -0.05) is 37.3 Å². The summed E-state index contributed by atoms with van der Waals surface area (Å²) in [6.07, 6.45) is 1.77. The van der Waals surface area contributed by atoms with Crippen molar-refractivity contribution >= 4 is 33.3 Å². The van der Waals surface area contributed by atoms with Gasteiger partial charge in [0.05, 0.1) is 0 Å². The number of carbonyl (C=O) groups excluding carboxylic acids is 1. The summed E-state index contributed by atoms with van der Waals surface area (Å²) < 4.78 is 0. The van der Waals surface area contributed by atoms with Crippen molar-refractivity contribution in [1.29, 1.82) is 0 Å². The molecule has 0 bridgehead atoms. The summed E-state index contributed by atoms with van der Waals surface area (Å²) in [4.78, 5) is 21.8. The van der Waals surface area contributed by atoms with Crippen LogP contribution in [0.1, 0.15) is 19.4 Å². The predicted molar refractivity (Wildman–Crippen MR) is 91.1 cm³/mol. The van der Waals surface area contributed by atoms with Crippen molar-refractivity contribution in [2.45, 2.75) is 20.8 Å². The molecule has 112 valence electrons. The SMILES string of the molecule is Cc1c(NC(=O)C(C)C)cccc1-c1nc2cccnc2s1. The molecule has 1 aromatic carbocycles. The molecule has 0 unspecified atom stereocenters. The van der Waals surface area contributed by atoms with E-state index in [1.165, 1.54) is 0 Å². The van der Waals surface area contributed by atoms with Gasteiger partial charge in [-0.05, 0) is 30.7 Å². The second-order valence-electron chi connectivity index (χ2n) is 5.47. The van der Waals surface area contributed by atoms with Crippen molar-refractivity contribution in [3.05, 3.63) is 42.1 Å². The fraction of sp³-hybridized carbons (Fsp3) is 0.235. The van der Waals surface area contributed by atoms with Crippen LogP contribution in [0.15, 0.2) is 36.5 Å². The van der Waals surface area contributed by atoms with Gasteiger partial charge in [0.25, 0.3) is 0 Å². The molecule has 4 nitrogen and oxygen atoms in total. The lowest BCUT2D eigenvalue weighted by Gasteiger charge is -2.12. The Balaban J connectivity index is 2.02. The van der Waals surface area contributed by atoms with E-state index in [4.69, 9.17) is 0 Å². The topological polar surface area (TPSA) is 54.9 Å². The van der Waals surface area contributed by atoms with E-state index < -0.39 is 0 Å². The minimum Gasteiger partial charge on any atom is -0.326 e. The van der Waals surface area contributed by atoms with Crippen molar-refractivity contribution in [1.82, 2.24) is 9.97 Å². The number of nitrogens with one attached hydrogen (secondary N) is 1. The third-order valence-electron chi connectivity index (χ3n) is 3.51. The zero-order chi connectivity index (χ0) is 15.7. The smallest absolute Gasteiger partial charge is 0.226 e. The molecule has 2 heterocycles. The molecule has 0 aliphatic rings. The first kappa shape index (κ1) is 14.7. The van der Waals surface area contributed by atoms with Gasteiger partial charge in [0.15, 0.2) is 0 Å². The van der Waals surface area contributed by atoms with Crippen LogP contribution in [0.4, 0.5) is 5.69 Å². The predicted octanol–water partition coefficient (Wildman–Crippen LogP) is 4.26. The van der Waals surface area contributed by atoms with Crippen LogP contribution in [0.5, 0.6) is 0 Å². The molecule has 0 saturated carbocycles. The first-order valence-electron chi connectivity index (χ1n) is 7.18. The van der Waals surface area contributed by atoms with Crippen LogP contribution in [-0.2, 0) is 4.79 Å². The van der Waals surface area contributed by atoms with Gasteiger partial charge >= 0.3 is 0 Å². The Morgan fingerprint density at radius 3 is 2.77 bits per heavy atom. The van der Waals surface area contributed by atoms with E-state index in [9.17, 15) is 4.79 Å². The van der Waals surface area contributed by atoms with E-state index in [0.717, 1.165) is 32.2 Å². The Bertz CT molecular complexity index is 806. The second-order valence-corrected chi connectivity index (χ2v) is 6.45. The number of carbonyl (C=O) groups is 1. The van der Waals surface area contributed by atoms with Gasteiger partial charge in [-0.3, -0.25) is 4.79 Å². The van der Waals surface area contributed by atoms with E-state index in [1.54, 1.807) is 17.5 Å². The number of pyridine rings is 1. The summed E-state index contributed by atoms with van der Waals surface area (Å²) in [6, 6.07) is 9.74. The molecule has 2 aromatic heterocycles. The fourth-order valence-electron chi connectivity index (χ4n) is 2.16. The standard InChI is InChI=1S/C17H17N3OS/c1-10(2)15(21)19-13-7-4-6-12(11(13)3)16-20-14-8-5-9-18-17(14)22-16/h4-10H,1-3H3,(H,19,21). The monoisotopic (exact) mass is 311 g/mol. The van der Waals surface area contributed by atoms with E-state index in [-0.39, 0.29) is 11.8 Å². The van der Waals surface area contributed by atoms with Gasteiger partial charge in [0.2, 0.25) is 5.91 Å². The number of anilines is 1. The lowest BCUT2D eigenvalue weighted by Crippen LogP contribution is -2.18. The third-order valence-corrected chi connectivity index (χ3v) is 4.53. The Kier molecular flexibility index (Phi) is 3.90. The largest absolute Gasteiger partial charge is 0.326 e. The number of amides is 1. The molecule has 0 atom stereocenters. The van der Waals surface area contributed by atoms with Crippen LogP contribution in [0.3, 0.4) is 0 Å². The summed E-state index contributed by atoms with van der Waals surface area (Å²) >= 11 is 1.56. The summed E-state index contributed by atoms with van der Waals surface area (Å²) in [5.41, 5.74) is 3.79. The second kappa shape index (κ2) is 5.85. The van der Waals surface area contributed by atoms with Gasteiger partial charge in [-0.25, -0.2) is 9.97 Å². The zero-order valence-corrected chi connectivity index (χ0v) is 13.6. The maximum atomic E-state index is 11.9. The van der Waals surface area contributed by atoms with Crippen molar-refractivity contribution in [3.8, 4) is 10.6 Å². The molecule has 0 aliphatic heterocycles. The highest BCUT2D eigenvalue weighted by molar-refractivity contribution is 7.21. The van der Waals surface area contributed by atoms with Crippen molar-refractivity contribution in [2.24, 2.45) is 5.92 Å². The number of fused-ring (bicyclic) bond motifs is 1. The highest BCUT2D eigenvalue weighted by Crippen LogP contribution is 2.33. The number of hydrogen-bond acceptors (Lipinski definition) is 4. The average Bonchev–Trinajstić information content (AvgIpc) is 2.92. The molecule has 0 fully saturated rings. The number of aromatic nitrogens is 2. The van der Waals surface area contributed by atoms with Crippen LogP contribution in [0, 0.1) is 12.8 Å². The third kappa shape index (κ3) is 2.72. The van der Waals surface area contributed by atoms with E-state index in [1.807, 2.05) is 51.1 Å². The van der Waals surface area contributed by atoms with Crippen LogP contribution in [-0.4, -0.2) is 15.9 Å². The molecule has 3 aromatic rings. The molecule has 0 radical (unpaired) electrons. The first-order chi connectivity index (χ1) is 10.6. The molecule has 5 heteroatoms. The van der Waals surface area contributed by atoms with Gasteiger partial charge < -0.3 is 5.32 Å². The molecule has 3 rings (SSSR count). The van der Waals surface area contributed by atoms with Gasteiger partial charge in [0.1, 0.15) is 15.4 Å². The number of rotatable bonds is 3. The Labute approximate surface area is 133 Å². The van der Waals surface area contributed by atoms with Gasteiger partial charge in [0, 0.05) is 23.4 Å². The first-order valence-corrected chi connectivity index (χ1v) is 8.00. The molecule has 0 aliphatic carbocycles. The molecular formula is C17H17N3OS. The number of thiazole rings is 1. The molecule has 1 N–H and O–H groups in total. The lowest BCUT2D eigenvalue weighted by atomic mass is 10.1. The molecule has 0 saturated heterocycles. The Morgan fingerprint density at radius 2 is 2.05 bits per heavy atom. The molecule has 0 spiro atoms. The minimum atomic E-state index is -0.0466. The summed E-state index contributed by atoms with van der Waals surface area (Å²) in [5.74, 6) is -0.0269. The summed E-state index contributed by atoms with van der Waals surface area (Å²) in [7, 11) is 0. The quantitative estimate of drug-likeness (QED) is 0.786. The fourth-order valence-corrected chi connectivity index (χ4v) is 3.15. The maximum Gasteiger partial charge on any atom is 0.226 e. The van der Waals surface area contributed by atoms with Crippen molar-refractivity contribution in [2.75, 3.05) is 5.32 Å². The van der Waals surface area contributed by atoms with Crippen LogP contribution < -0.4 is 5.32 Å². The van der Waals surface area contributed by atoms with Crippen LogP contribution in [0.2, 0.25) is 0 Å². The van der Waals surface area contributed by atoms with Crippen LogP contribution in [0.25, 0.3) is 20.9 Å². The summed E-state index contributed by atoms with van der Waals surface area (Å²) in [5, 5.41) is 3.90. The van der Waals surface area contributed by atoms with Gasteiger partial charge in [-0.15, -0.1) is 0 Å². The molecule has 22 heavy (non-hydrogen) atoms. The maximum absolute atomic E-state index is 11.9. The van der Waals surface area contributed by atoms with Gasteiger partial charge in [-0.2, -0.15) is 0 Å². The highest BCUT2D eigenvalue weighted by atomic mass is 32.1. The summed E-state index contributed by atoms with van der Waals surface area (Å²) in [6.45, 7) is 5.77. The number of hydrogen-bond donors (Lipinski definition) is 1. The zero-order valence-electron chi connectivity index (χ0n) is 12.8. The number of nitrogens with zero attached hydrogens (tertiary/aromatic N) is 2.